The van der Waals surface area contributed by atoms with Crippen molar-refractivity contribution in [3.8, 4) is 56.2 Å². The number of rotatable bonds is 5. The summed E-state index contributed by atoms with van der Waals surface area (Å²) in [7, 11) is 0. The summed E-state index contributed by atoms with van der Waals surface area (Å²) in [5.74, 6) is 0.658. The van der Waals surface area contributed by atoms with Gasteiger partial charge in [-0.3, -0.25) is 0 Å². The van der Waals surface area contributed by atoms with Gasteiger partial charge in [-0.25, -0.2) is 9.97 Å². The average molecular weight is 701 g/mol. The van der Waals surface area contributed by atoms with Gasteiger partial charge in [0.1, 0.15) is 11.2 Å². The van der Waals surface area contributed by atoms with Crippen LogP contribution in [0.25, 0.3) is 110 Å². The molecule has 2 aromatic heterocycles. The fraction of sp³-hybridized carbons (Fsp3) is 0. The summed E-state index contributed by atoms with van der Waals surface area (Å²) in [6.45, 7) is 0. The van der Waals surface area contributed by atoms with Gasteiger partial charge in [0.15, 0.2) is 5.82 Å². The van der Waals surface area contributed by atoms with Crippen LogP contribution in [0.5, 0.6) is 0 Å². The fourth-order valence-electron chi connectivity index (χ4n) is 8.28. The maximum atomic E-state index is 6.57. The Morgan fingerprint density at radius 3 is 1.55 bits per heavy atom. The highest BCUT2D eigenvalue weighted by Crippen LogP contribution is 2.41. The first-order valence-electron chi connectivity index (χ1n) is 18.7. The predicted octanol–water partition coefficient (Wildman–Crippen LogP) is 14.2. The molecule has 2 heterocycles. The topological polar surface area (TPSA) is 38.9 Å². The molecule has 0 atom stereocenters. The molecule has 0 N–H and O–H groups in total. The molecule has 0 aliphatic heterocycles. The summed E-state index contributed by atoms with van der Waals surface area (Å²) in [5.41, 5.74) is 10.8. The first-order chi connectivity index (χ1) is 27.3. The van der Waals surface area contributed by atoms with Crippen LogP contribution in [0.15, 0.2) is 199 Å². The molecule has 256 valence electrons. The van der Waals surface area contributed by atoms with Crippen molar-refractivity contribution in [2.75, 3.05) is 0 Å². The molecule has 9 aromatic carbocycles. The number of fused-ring (bicyclic) bond motifs is 9. The Kier molecular flexibility index (Phi) is 7.17. The van der Waals surface area contributed by atoms with Crippen LogP contribution in [0, 0.1) is 0 Å². The lowest BCUT2D eigenvalue weighted by Gasteiger charge is -2.15. The molecule has 55 heavy (non-hydrogen) atoms. The number of para-hydroxylation sites is 2. The molecular weight excluding hydrogens is 669 g/mol. The van der Waals surface area contributed by atoms with E-state index in [2.05, 4.69) is 182 Å². The molecule has 0 spiro atoms. The van der Waals surface area contributed by atoms with Crippen molar-refractivity contribution >= 4 is 54.3 Å². The lowest BCUT2D eigenvalue weighted by atomic mass is 9.92. The lowest BCUT2D eigenvalue weighted by Crippen LogP contribution is -1.98. The van der Waals surface area contributed by atoms with Gasteiger partial charge in [-0.15, -0.1) is 0 Å². The summed E-state index contributed by atoms with van der Waals surface area (Å²) >= 11 is 0. The molecule has 0 aliphatic carbocycles. The van der Waals surface area contributed by atoms with Crippen LogP contribution in [-0.4, -0.2) is 9.97 Å². The Morgan fingerprint density at radius 1 is 0.291 bits per heavy atom. The van der Waals surface area contributed by atoms with Crippen molar-refractivity contribution < 1.29 is 4.42 Å². The summed E-state index contributed by atoms with van der Waals surface area (Å²) in [4.78, 5) is 10.8. The maximum absolute atomic E-state index is 6.57. The van der Waals surface area contributed by atoms with Crippen molar-refractivity contribution in [2.45, 2.75) is 0 Å². The smallest absolute Gasteiger partial charge is 0.160 e. The second-order valence-corrected chi connectivity index (χ2v) is 14.1. The van der Waals surface area contributed by atoms with Crippen molar-refractivity contribution in [1.29, 1.82) is 0 Å². The van der Waals surface area contributed by atoms with Crippen LogP contribution in [0.3, 0.4) is 0 Å². The number of aromatic nitrogens is 2. The molecule has 11 rings (SSSR count). The Hall–Kier alpha value is -7.36. The zero-order chi connectivity index (χ0) is 36.3. The van der Waals surface area contributed by atoms with Gasteiger partial charge in [0.05, 0.1) is 11.4 Å². The second kappa shape index (κ2) is 12.6. The monoisotopic (exact) mass is 700 g/mol. The zero-order valence-electron chi connectivity index (χ0n) is 29.8. The summed E-state index contributed by atoms with van der Waals surface area (Å²) in [6.07, 6.45) is 0. The van der Waals surface area contributed by atoms with Crippen LogP contribution < -0.4 is 0 Å². The van der Waals surface area contributed by atoms with Gasteiger partial charge in [-0.05, 0) is 84.9 Å². The van der Waals surface area contributed by atoms with Gasteiger partial charge in [-0.1, -0.05) is 164 Å². The summed E-state index contributed by atoms with van der Waals surface area (Å²) in [5, 5.41) is 9.49. The van der Waals surface area contributed by atoms with E-state index in [0.717, 1.165) is 66.7 Å². The Balaban J connectivity index is 1.19. The summed E-state index contributed by atoms with van der Waals surface area (Å²) < 4.78 is 6.57. The molecule has 0 unspecified atom stereocenters. The molecule has 0 saturated carbocycles. The molecule has 0 aliphatic rings. The Morgan fingerprint density at radius 2 is 0.836 bits per heavy atom. The quantitative estimate of drug-likeness (QED) is 0.168. The van der Waals surface area contributed by atoms with E-state index in [4.69, 9.17) is 14.4 Å². The predicted molar refractivity (Wildman–Crippen MR) is 229 cm³/mol. The Labute approximate surface area is 317 Å². The van der Waals surface area contributed by atoms with Crippen LogP contribution in [-0.2, 0) is 0 Å². The molecule has 3 heteroatoms. The van der Waals surface area contributed by atoms with Gasteiger partial charge >= 0.3 is 0 Å². The minimum absolute atomic E-state index is 0.658. The third kappa shape index (κ3) is 5.20. The van der Waals surface area contributed by atoms with Gasteiger partial charge in [0.25, 0.3) is 0 Å². The normalized spacial score (nSPS) is 11.6. The minimum atomic E-state index is 0.658. The molecular formula is C52H32N2O. The van der Waals surface area contributed by atoms with E-state index in [-0.39, 0.29) is 0 Å². The number of benzene rings is 9. The highest BCUT2D eigenvalue weighted by Gasteiger charge is 2.19. The third-order valence-corrected chi connectivity index (χ3v) is 10.9. The highest BCUT2D eigenvalue weighted by molar-refractivity contribution is 6.25. The molecule has 11 aromatic rings. The van der Waals surface area contributed by atoms with Crippen LogP contribution in [0.4, 0.5) is 0 Å². The Bertz CT molecular complexity index is 3220. The van der Waals surface area contributed by atoms with Crippen molar-refractivity contribution in [3.63, 3.8) is 0 Å². The fourth-order valence-corrected chi connectivity index (χ4v) is 8.28. The lowest BCUT2D eigenvalue weighted by molar-refractivity contribution is 0.670. The molecule has 0 fully saturated rings. The van der Waals surface area contributed by atoms with Gasteiger partial charge < -0.3 is 4.42 Å². The largest absolute Gasteiger partial charge is 0.455 e. The van der Waals surface area contributed by atoms with E-state index in [1.807, 2.05) is 12.1 Å². The van der Waals surface area contributed by atoms with E-state index >= 15 is 0 Å². The van der Waals surface area contributed by atoms with Crippen LogP contribution >= 0.6 is 0 Å². The van der Waals surface area contributed by atoms with Crippen LogP contribution in [0.1, 0.15) is 0 Å². The van der Waals surface area contributed by atoms with Gasteiger partial charge in [0.2, 0.25) is 0 Å². The highest BCUT2D eigenvalue weighted by atomic mass is 16.3. The van der Waals surface area contributed by atoms with Crippen molar-refractivity contribution in [3.05, 3.63) is 194 Å². The van der Waals surface area contributed by atoms with Gasteiger partial charge in [-0.2, -0.15) is 0 Å². The third-order valence-electron chi connectivity index (χ3n) is 10.9. The van der Waals surface area contributed by atoms with Crippen molar-refractivity contribution in [2.24, 2.45) is 0 Å². The first kappa shape index (κ1) is 31.2. The summed E-state index contributed by atoms with van der Waals surface area (Å²) in [6, 6.07) is 68.5. The number of nitrogens with zero attached hydrogens (tertiary/aromatic N) is 2. The number of hydrogen-bond donors (Lipinski definition) is 0. The van der Waals surface area contributed by atoms with E-state index in [1.165, 1.54) is 37.9 Å². The van der Waals surface area contributed by atoms with E-state index < -0.39 is 0 Å². The molecule has 0 bridgehead atoms. The zero-order valence-corrected chi connectivity index (χ0v) is 29.8. The van der Waals surface area contributed by atoms with E-state index in [0.29, 0.717) is 5.82 Å². The first-order valence-corrected chi connectivity index (χ1v) is 18.7. The average Bonchev–Trinajstić information content (AvgIpc) is 3.66. The molecule has 0 amide bonds. The molecule has 0 radical (unpaired) electrons. The maximum Gasteiger partial charge on any atom is 0.160 e. The van der Waals surface area contributed by atoms with Crippen LogP contribution in [0.2, 0.25) is 0 Å². The minimum Gasteiger partial charge on any atom is -0.455 e. The second-order valence-electron chi connectivity index (χ2n) is 14.1. The molecule has 3 nitrogen and oxygen atoms in total. The number of furan rings is 1. The van der Waals surface area contributed by atoms with Crippen molar-refractivity contribution in [1.82, 2.24) is 9.97 Å². The standard InChI is InChI=1S/C52H32N2O/c1-3-14-33(15-4-1)35-26-29-42(46(30-35)34-16-5-2-6-17-34)48-32-49(45-24-13-23-44-43-22-11-12-25-50(43)55-51(44)45)54-52(53-48)36-27-28-41-39-20-8-7-18-37(39)38-19-9-10-21-40(38)47(41)31-36/h1-32H. The van der Waals surface area contributed by atoms with E-state index in [1.54, 1.807) is 0 Å². The number of hydrogen-bond acceptors (Lipinski definition) is 3. The molecule has 0 saturated heterocycles. The SMILES string of the molecule is c1ccc(-c2ccc(-c3cc(-c4cccc5c4oc4ccccc45)nc(-c4ccc5c6ccccc6c6ccccc6c5c4)n3)c(-c3ccccc3)c2)cc1. The van der Waals surface area contributed by atoms with Gasteiger partial charge in [0, 0.05) is 27.5 Å². The van der Waals surface area contributed by atoms with E-state index in [9.17, 15) is 0 Å².